The highest BCUT2D eigenvalue weighted by atomic mass is 15.0. The van der Waals surface area contributed by atoms with Crippen LogP contribution in [0.4, 0.5) is 0 Å². The Morgan fingerprint density at radius 2 is 1.71 bits per heavy atom. The van der Waals surface area contributed by atoms with Gasteiger partial charge in [0.2, 0.25) is 0 Å². The van der Waals surface area contributed by atoms with Crippen LogP contribution < -0.4 is 5.32 Å². The molecule has 1 unspecified atom stereocenters. The lowest BCUT2D eigenvalue weighted by Gasteiger charge is -2.16. The molecule has 1 atom stereocenters. The molecular weight excluding hydrogens is 172 g/mol. The highest BCUT2D eigenvalue weighted by Crippen LogP contribution is 2.03. The molecular formula is C12H28N2. The predicted molar refractivity (Wildman–Crippen MR) is 64.7 cm³/mol. The Labute approximate surface area is 90.1 Å². The van der Waals surface area contributed by atoms with Crippen molar-refractivity contribution in [1.82, 2.24) is 10.2 Å². The highest BCUT2D eigenvalue weighted by Gasteiger charge is 2.03. The van der Waals surface area contributed by atoms with Crippen molar-refractivity contribution < 1.29 is 0 Å². The van der Waals surface area contributed by atoms with Crippen molar-refractivity contribution in [2.24, 2.45) is 5.92 Å². The zero-order valence-corrected chi connectivity index (χ0v) is 10.6. The monoisotopic (exact) mass is 200 g/mol. The lowest BCUT2D eigenvalue weighted by Crippen LogP contribution is -2.28. The Hall–Kier alpha value is -0.0800. The van der Waals surface area contributed by atoms with Gasteiger partial charge in [-0.25, -0.2) is 0 Å². The molecule has 0 aliphatic rings. The first kappa shape index (κ1) is 13.9. The van der Waals surface area contributed by atoms with E-state index >= 15 is 0 Å². The zero-order chi connectivity index (χ0) is 11.0. The molecule has 0 radical (unpaired) electrons. The summed E-state index contributed by atoms with van der Waals surface area (Å²) in [4.78, 5) is 2.25. The van der Waals surface area contributed by atoms with Crippen molar-refractivity contribution in [3.63, 3.8) is 0 Å². The van der Waals surface area contributed by atoms with Gasteiger partial charge in [-0.2, -0.15) is 0 Å². The highest BCUT2D eigenvalue weighted by molar-refractivity contribution is 4.62. The molecule has 2 heteroatoms. The molecule has 0 aliphatic carbocycles. The van der Waals surface area contributed by atoms with Crippen LogP contribution in [0.3, 0.4) is 0 Å². The Kier molecular flexibility index (Phi) is 8.20. The van der Waals surface area contributed by atoms with E-state index in [1.54, 1.807) is 0 Å². The van der Waals surface area contributed by atoms with Crippen molar-refractivity contribution in [1.29, 1.82) is 0 Å². The fourth-order valence-corrected chi connectivity index (χ4v) is 1.69. The fourth-order valence-electron chi connectivity index (χ4n) is 1.69. The van der Waals surface area contributed by atoms with Crippen LogP contribution in [-0.2, 0) is 0 Å². The van der Waals surface area contributed by atoms with E-state index in [0.717, 1.165) is 5.92 Å². The third-order valence-electron chi connectivity index (χ3n) is 2.35. The summed E-state index contributed by atoms with van der Waals surface area (Å²) >= 11 is 0. The largest absolute Gasteiger partial charge is 0.314 e. The van der Waals surface area contributed by atoms with Crippen LogP contribution in [0.2, 0.25) is 0 Å². The average molecular weight is 200 g/mol. The first-order valence-electron chi connectivity index (χ1n) is 5.90. The van der Waals surface area contributed by atoms with Gasteiger partial charge >= 0.3 is 0 Å². The minimum atomic E-state index is 0.675. The van der Waals surface area contributed by atoms with E-state index in [0.29, 0.717) is 6.04 Å². The van der Waals surface area contributed by atoms with E-state index in [4.69, 9.17) is 0 Å². The number of rotatable bonds is 8. The smallest absolute Gasteiger partial charge is 0.00411 e. The molecule has 86 valence electrons. The molecule has 1 N–H and O–H groups in total. The second-order valence-electron chi connectivity index (χ2n) is 5.00. The molecule has 0 aromatic rings. The maximum Gasteiger partial charge on any atom is 0.00411 e. The van der Waals surface area contributed by atoms with Crippen molar-refractivity contribution in [3.05, 3.63) is 0 Å². The van der Waals surface area contributed by atoms with E-state index in [9.17, 15) is 0 Å². The van der Waals surface area contributed by atoms with Gasteiger partial charge in [0.05, 0.1) is 0 Å². The molecule has 14 heavy (non-hydrogen) atoms. The van der Waals surface area contributed by atoms with Gasteiger partial charge in [0, 0.05) is 6.04 Å². The molecule has 0 aromatic carbocycles. The molecule has 0 bridgehead atoms. The summed E-state index contributed by atoms with van der Waals surface area (Å²) in [6.45, 7) is 9.22. The molecule has 2 nitrogen and oxygen atoms in total. The third kappa shape index (κ3) is 10.0. The Balaban J connectivity index is 3.19. The van der Waals surface area contributed by atoms with Gasteiger partial charge in [0.1, 0.15) is 0 Å². The van der Waals surface area contributed by atoms with Crippen LogP contribution in [-0.4, -0.2) is 38.1 Å². The molecule has 0 amide bonds. The first-order chi connectivity index (χ1) is 6.52. The van der Waals surface area contributed by atoms with Gasteiger partial charge in [-0.15, -0.1) is 0 Å². The van der Waals surface area contributed by atoms with Crippen LogP contribution in [0, 0.1) is 5.92 Å². The van der Waals surface area contributed by atoms with E-state index in [2.05, 4.69) is 45.1 Å². The normalized spacial score (nSPS) is 13.9. The summed E-state index contributed by atoms with van der Waals surface area (Å²) in [6, 6.07) is 0.675. The van der Waals surface area contributed by atoms with E-state index in [-0.39, 0.29) is 0 Å². The van der Waals surface area contributed by atoms with Gasteiger partial charge in [-0.1, -0.05) is 13.8 Å². The number of hydrogen-bond donors (Lipinski definition) is 1. The van der Waals surface area contributed by atoms with Crippen molar-refractivity contribution in [2.45, 2.75) is 46.1 Å². The van der Waals surface area contributed by atoms with Gasteiger partial charge in [-0.05, 0) is 59.3 Å². The lowest BCUT2D eigenvalue weighted by atomic mass is 10.1. The fraction of sp³-hybridized carbons (Fsp3) is 1.00. The average Bonchev–Trinajstić information content (AvgIpc) is 2.01. The maximum atomic E-state index is 3.57. The second kappa shape index (κ2) is 8.25. The van der Waals surface area contributed by atoms with Gasteiger partial charge < -0.3 is 10.2 Å². The van der Waals surface area contributed by atoms with Crippen LogP contribution in [0.1, 0.15) is 40.0 Å². The third-order valence-corrected chi connectivity index (χ3v) is 2.35. The molecule has 0 saturated carbocycles. The molecule has 0 saturated heterocycles. The van der Waals surface area contributed by atoms with Gasteiger partial charge in [0.25, 0.3) is 0 Å². The van der Waals surface area contributed by atoms with E-state index in [1.165, 1.54) is 32.4 Å². The second-order valence-corrected chi connectivity index (χ2v) is 5.00. The number of hydrogen-bond acceptors (Lipinski definition) is 2. The number of nitrogens with zero attached hydrogens (tertiary/aromatic N) is 1. The minimum absolute atomic E-state index is 0.675. The van der Waals surface area contributed by atoms with Crippen molar-refractivity contribution >= 4 is 0 Å². The van der Waals surface area contributed by atoms with Crippen LogP contribution in [0.15, 0.2) is 0 Å². The quantitative estimate of drug-likeness (QED) is 0.605. The summed E-state index contributed by atoms with van der Waals surface area (Å²) in [7, 11) is 4.27. The first-order valence-corrected chi connectivity index (χ1v) is 5.90. The summed E-state index contributed by atoms with van der Waals surface area (Å²) in [5.74, 6) is 0.805. The molecule has 0 fully saturated rings. The summed E-state index contributed by atoms with van der Waals surface area (Å²) < 4.78 is 0. The molecule has 0 heterocycles. The number of unbranched alkanes of at least 4 members (excludes halogenated alkanes) is 1. The van der Waals surface area contributed by atoms with E-state index in [1.807, 2.05) is 0 Å². The zero-order valence-electron chi connectivity index (χ0n) is 10.6. The molecule has 0 aliphatic heterocycles. The lowest BCUT2D eigenvalue weighted by molar-refractivity contribution is 0.382. The predicted octanol–water partition coefficient (Wildman–Crippen LogP) is 2.35. The SMILES string of the molecule is CC(C)CC(C)NCCCCN(C)C. The summed E-state index contributed by atoms with van der Waals surface area (Å²) in [6.07, 6.45) is 3.88. The standard InChI is InChI=1S/C12H28N2/c1-11(2)10-12(3)13-8-6-7-9-14(4)5/h11-13H,6-10H2,1-5H3. The molecule has 0 aromatic heterocycles. The van der Waals surface area contributed by atoms with E-state index < -0.39 is 0 Å². The molecule has 0 rings (SSSR count). The summed E-state index contributed by atoms with van der Waals surface area (Å²) in [5, 5.41) is 3.57. The molecule has 0 spiro atoms. The van der Waals surface area contributed by atoms with Crippen molar-refractivity contribution in [2.75, 3.05) is 27.2 Å². The van der Waals surface area contributed by atoms with Crippen LogP contribution >= 0.6 is 0 Å². The van der Waals surface area contributed by atoms with Crippen molar-refractivity contribution in [3.8, 4) is 0 Å². The Bertz CT molecular complexity index is 121. The number of nitrogens with one attached hydrogen (secondary N) is 1. The maximum absolute atomic E-state index is 3.57. The Morgan fingerprint density at radius 1 is 1.07 bits per heavy atom. The van der Waals surface area contributed by atoms with Gasteiger partial charge in [-0.3, -0.25) is 0 Å². The van der Waals surface area contributed by atoms with Gasteiger partial charge in [0.15, 0.2) is 0 Å². The van der Waals surface area contributed by atoms with Crippen LogP contribution in [0.25, 0.3) is 0 Å². The summed E-state index contributed by atoms with van der Waals surface area (Å²) in [5.41, 5.74) is 0. The Morgan fingerprint density at radius 3 is 2.21 bits per heavy atom. The topological polar surface area (TPSA) is 15.3 Å². The minimum Gasteiger partial charge on any atom is -0.314 e. The van der Waals surface area contributed by atoms with Crippen LogP contribution in [0.5, 0.6) is 0 Å².